The second-order valence-electron chi connectivity index (χ2n) is 3.68. The van der Waals surface area contributed by atoms with Crippen LogP contribution in [0, 0.1) is 17.8 Å². The predicted octanol–water partition coefficient (Wildman–Crippen LogP) is -0.160. The summed E-state index contributed by atoms with van der Waals surface area (Å²) in [5.74, 6) is 0.145. The lowest BCUT2D eigenvalue weighted by molar-refractivity contribution is -0.145. The number of carbonyl (C=O) groups is 1. The van der Waals surface area contributed by atoms with E-state index in [1.165, 1.54) is 0 Å². The van der Waals surface area contributed by atoms with Crippen LogP contribution in [0.4, 0.5) is 0 Å². The quantitative estimate of drug-likeness (QED) is 0.586. The maximum atomic E-state index is 11.2. The van der Waals surface area contributed by atoms with Crippen LogP contribution >= 0.6 is 0 Å². The molecular weight excluding hydrogens is 192 g/mol. The largest absolute Gasteiger partial charge is 0.466 e. The standard InChI is InChI=1S/C8H12O4S/c1-2-12-8(9)7-5-3-13(10,11)4-6(5)7/h5-7H,2-4H2,1H3. The first kappa shape index (κ1) is 8.99. The Morgan fingerprint density at radius 3 is 2.38 bits per heavy atom. The van der Waals surface area contributed by atoms with Gasteiger partial charge >= 0.3 is 5.97 Å². The normalized spacial score (nSPS) is 39.6. The first-order valence-electron chi connectivity index (χ1n) is 4.42. The van der Waals surface area contributed by atoms with Crippen molar-refractivity contribution in [1.29, 1.82) is 0 Å². The van der Waals surface area contributed by atoms with Gasteiger partial charge in [-0.25, -0.2) is 8.42 Å². The molecule has 1 aliphatic carbocycles. The lowest BCUT2D eigenvalue weighted by Crippen LogP contribution is -2.17. The molecule has 1 aliphatic heterocycles. The van der Waals surface area contributed by atoms with Gasteiger partial charge in [0.1, 0.15) is 0 Å². The number of fused-ring (bicyclic) bond motifs is 1. The second-order valence-corrected chi connectivity index (χ2v) is 5.84. The molecular formula is C8H12O4S. The molecule has 4 nitrogen and oxygen atoms in total. The summed E-state index contributed by atoms with van der Waals surface area (Å²) >= 11 is 0. The van der Waals surface area contributed by atoms with Crippen LogP contribution in [0.3, 0.4) is 0 Å². The Morgan fingerprint density at radius 2 is 1.92 bits per heavy atom. The van der Waals surface area contributed by atoms with E-state index in [2.05, 4.69) is 0 Å². The molecule has 0 aromatic rings. The number of esters is 1. The van der Waals surface area contributed by atoms with Crippen molar-refractivity contribution < 1.29 is 17.9 Å². The Balaban J connectivity index is 1.96. The minimum atomic E-state index is -2.83. The Kier molecular flexibility index (Phi) is 1.87. The minimum absolute atomic E-state index is 0.0593. The summed E-state index contributed by atoms with van der Waals surface area (Å²) in [5.41, 5.74) is 0. The monoisotopic (exact) mass is 204 g/mol. The van der Waals surface area contributed by atoms with Crippen LogP contribution in [0.15, 0.2) is 0 Å². The van der Waals surface area contributed by atoms with Crippen LogP contribution in [-0.4, -0.2) is 32.5 Å². The lowest BCUT2D eigenvalue weighted by Gasteiger charge is -2.03. The number of sulfone groups is 1. The summed E-state index contributed by atoms with van der Waals surface area (Å²) in [4.78, 5) is 11.2. The molecule has 0 bridgehead atoms. The van der Waals surface area contributed by atoms with Crippen LogP contribution in [-0.2, 0) is 19.4 Å². The molecule has 0 radical (unpaired) electrons. The predicted molar refractivity (Wildman–Crippen MR) is 45.8 cm³/mol. The van der Waals surface area contributed by atoms with Crippen molar-refractivity contribution in [1.82, 2.24) is 0 Å². The van der Waals surface area contributed by atoms with Crippen LogP contribution < -0.4 is 0 Å². The van der Waals surface area contributed by atoms with Crippen molar-refractivity contribution in [3.8, 4) is 0 Å². The van der Waals surface area contributed by atoms with Gasteiger partial charge in [-0.15, -0.1) is 0 Å². The zero-order valence-corrected chi connectivity index (χ0v) is 8.21. The molecule has 0 aromatic carbocycles. The van der Waals surface area contributed by atoms with E-state index in [4.69, 9.17) is 4.74 Å². The van der Waals surface area contributed by atoms with Gasteiger partial charge in [0.2, 0.25) is 0 Å². The summed E-state index contributed by atoms with van der Waals surface area (Å²) in [6.07, 6.45) is 0. The van der Waals surface area contributed by atoms with Gasteiger partial charge in [0.05, 0.1) is 24.0 Å². The van der Waals surface area contributed by atoms with Crippen molar-refractivity contribution in [2.75, 3.05) is 18.1 Å². The van der Waals surface area contributed by atoms with Gasteiger partial charge in [0, 0.05) is 0 Å². The van der Waals surface area contributed by atoms with E-state index in [0.29, 0.717) is 6.61 Å². The molecule has 2 unspecified atom stereocenters. The van der Waals surface area contributed by atoms with E-state index in [0.717, 1.165) is 0 Å². The summed E-state index contributed by atoms with van der Waals surface area (Å²) in [6, 6.07) is 0. The number of hydrogen-bond acceptors (Lipinski definition) is 4. The molecule has 13 heavy (non-hydrogen) atoms. The van der Waals surface area contributed by atoms with E-state index in [-0.39, 0.29) is 35.2 Å². The van der Waals surface area contributed by atoms with Gasteiger partial charge in [0.25, 0.3) is 0 Å². The topological polar surface area (TPSA) is 60.4 Å². The zero-order chi connectivity index (χ0) is 9.64. The molecule has 5 heteroatoms. The molecule has 0 N–H and O–H groups in total. The molecule has 74 valence electrons. The highest BCUT2D eigenvalue weighted by molar-refractivity contribution is 7.91. The number of hydrogen-bond donors (Lipinski definition) is 0. The van der Waals surface area contributed by atoms with E-state index in [9.17, 15) is 13.2 Å². The first-order valence-corrected chi connectivity index (χ1v) is 6.24. The fraction of sp³-hybridized carbons (Fsp3) is 0.875. The molecule has 0 spiro atoms. The second kappa shape index (κ2) is 2.70. The van der Waals surface area contributed by atoms with Gasteiger partial charge < -0.3 is 4.74 Å². The highest BCUT2D eigenvalue weighted by atomic mass is 32.2. The summed E-state index contributed by atoms with van der Waals surface area (Å²) < 4.78 is 26.9. The first-order chi connectivity index (χ1) is 6.05. The highest BCUT2D eigenvalue weighted by Crippen LogP contribution is 2.53. The van der Waals surface area contributed by atoms with Gasteiger partial charge in [-0.3, -0.25) is 4.79 Å². The van der Waals surface area contributed by atoms with Gasteiger partial charge in [-0.1, -0.05) is 0 Å². The molecule has 2 atom stereocenters. The van der Waals surface area contributed by atoms with Crippen molar-refractivity contribution in [2.45, 2.75) is 6.92 Å². The van der Waals surface area contributed by atoms with Crippen molar-refractivity contribution in [3.05, 3.63) is 0 Å². The van der Waals surface area contributed by atoms with Crippen LogP contribution in [0.5, 0.6) is 0 Å². The lowest BCUT2D eigenvalue weighted by atomic mass is 10.3. The number of carbonyl (C=O) groups excluding carboxylic acids is 1. The van der Waals surface area contributed by atoms with Gasteiger partial charge in [-0.05, 0) is 18.8 Å². The Labute approximate surface area is 77.2 Å². The third-order valence-electron chi connectivity index (χ3n) is 2.78. The Bertz CT molecular complexity index is 314. The fourth-order valence-electron chi connectivity index (χ4n) is 2.14. The molecule has 1 saturated carbocycles. The minimum Gasteiger partial charge on any atom is -0.466 e. The van der Waals surface area contributed by atoms with Crippen LogP contribution in [0.2, 0.25) is 0 Å². The number of rotatable bonds is 2. The van der Waals surface area contributed by atoms with Crippen molar-refractivity contribution in [3.63, 3.8) is 0 Å². The van der Waals surface area contributed by atoms with E-state index >= 15 is 0 Å². The van der Waals surface area contributed by atoms with E-state index in [1.54, 1.807) is 6.92 Å². The fourth-order valence-corrected chi connectivity index (χ4v) is 4.36. The number of ether oxygens (including phenoxy) is 1. The van der Waals surface area contributed by atoms with E-state index in [1.807, 2.05) is 0 Å². The third kappa shape index (κ3) is 1.45. The van der Waals surface area contributed by atoms with Crippen LogP contribution in [0.1, 0.15) is 6.92 Å². The summed E-state index contributed by atoms with van der Waals surface area (Å²) in [5, 5.41) is 0. The maximum absolute atomic E-state index is 11.2. The van der Waals surface area contributed by atoms with Crippen molar-refractivity contribution >= 4 is 15.8 Å². The molecule has 1 heterocycles. The third-order valence-corrected chi connectivity index (χ3v) is 4.57. The highest BCUT2D eigenvalue weighted by Gasteiger charge is 2.62. The summed E-state index contributed by atoms with van der Waals surface area (Å²) in [7, 11) is -2.83. The average molecular weight is 204 g/mol. The smallest absolute Gasteiger partial charge is 0.309 e. The molecule has 1 saturated heterocycles. The molecule has 2 fully saturated rings. The zero-order valence-electron chi connectivity index (χ0n) is 7.39. The summed E-state index contributed by atoms with van der Waals surface area (Å²) in [6.45, 7) is 2.13. The Morgan fingerprint density at radius 1 is 1.38 bits per heavy atom. The molecule has 2 aliphatic rings. The van der Waals surface area contributed by atoms with Gasteiger partial charge in [0.15, 0.2) is 9.84 Å². The molecule has 0 amide bonds. The average Bonchev–Trinajstić information content (AvgIpc) is 2.51. The SMILES string of the molecule is CCOC(=O)C1C2CS(=O)(=O)CC21. The van der Waals surface area contributed by atoms with Gasteiger partial charge in [-0.2, -0.15) is 0 Å². The Hall–Kier alpha value is -0.580. The molecule has 0 aromatic heterocycles. The van der Waals surface area contributed by atoms with Crippen LogP contribution in [0.25, 0.3) is 0 Å². The van der Waals surface area contributed by atoms with Crippen molar-refractivity contribution in [2.24, 2.45) is 17.8 Å². The van der Waals surface area contributed by atoms with E-state index < -0.39 is 9.84 Å². The maximum Gasteiger partial charge on any atom is 0.309 e. The molecule has 2 rings (SSSR count).